The van der Waals surface area contributed by atoms with E-state index < -0.39 is 0 Å². The van der Waals surface area contributed by atoms with E-state index in [4.69, 9.17) is 5.73 Å². The summed E-state index contributed by atoms with van der Waals surface area (Å²) in [4.78, 5) is 9.40. The van der Waals surface area contributed by atoms with Crippen molar-refractivity contribution in [3.05, 3.63) is 0 Å². The fraction of sp³-hybridized carbons (Fsp3) is 0.933. The van der Waals surface area contributed by atoms with Crippen LogP contribution in [0.15, 0.2) is 4.99 Å². The van der Waals surface area contributed by atoms with Crippen LogP contribution >= 0.6 is 0 Å². The molecule has 20 heavy (non-hydrogen) atoms. The lowest BCUT2D eigenvalue weighted by molar-refractivity contribution is 0.283. The Labute approximate surface area is 123 Å². The van der Waals surface area contributed by atoms with E-state index in [0.29, 0.717) is 12.0 Å². The maximum Gasteiger partial charge on any atom is 0.188 e. The summed E-state index contributed by atoms with van der Waals surface area (Å²) in [5.41, 5.74) is 5.99. The van der Waals surface area contributed by atoms with Crippen LogP contribution in [-0.2, 0) is 0 Å². The molecule has 0 unspecified atom stereocenters. The Hall–Kier alpha value is -0.810. The minimum absolute atomic E-state index is 0.555. The Morgan fingerprint density at radius 2 is 1.90 bits per heavy atom. The number of nitrogens with two attached hydrogens (primary N) is 1. The predicted molar refractivity (Wildman–Crippen MR) is 85.1 cm³/mol. The summed E-state index contributed by atoms with van der Waals surface area (Å²) < 4.78 is 0. The van der Waals surface area contributed by atoms with Gasteiger partial charge in [-0.15, -0.1) is 0 Å². The molecule has 0 atom stereocenters. The third-order valence-corrected chi connectivity index (χ3v) is 4.47. The van der Waals surface area contributed by atoms with Crippen molar-refractivity contribution in [1.29, 1.82) is 0 Å². The molecule has 0 amide bonds. The van der Waals surface area contributed by atoms with Crippen molar-refractivity contribution in [2.75, 3.05) is 46.3 Å². The molecule has 0 bridgehead atoms. The zero-order valence-corrected chi connectivity index (χ0v) is 13.0. The van der Waals surface area contributed by atoms with Gasteiger partial charge in [0.2, 0.25) is 0 Å². The third-order valence-electron chi connectivity index (χ3n) is 4.47. The zero-order valence-electron chi connectivity index (χ0n) is 13.0. The Bertz CT molecular complexity index is 299. The summed E-state index contributed by atoms with van der Waals surface area (Å²) in [6.07, 6.45) is 7.77. The van der Waals surface area contributed by atoms with Crippen LogP contribution in [0.5, 0.6) is 0 Å². The van der Waals surface area contributed by atoms with Gasteiger partial charge in [-0.1, -0.05) is 19.3 Å². The largest absolute Gasteiger partial charge is 0.370 e. The van der Waals surface area contributed by atoms with Crippen LogP contribution in [0.25, 0.3) is 0 Å². The highest BCUT2D eigenvalue weighted by molar-refractivity contribution is 5.78. The summed E-state index contributed by atoms with van der Waals surface area (Å²) in [6.45, 7) is 6.57. The van der Waals surface area contributed by atoms with Gasteiger partial charge < -0.3 is 20.9 Å². The second kappa shape index (κ2) is 8.47. The van der Waals surface area contributed by atoms with Gasteiger partial charge in [0, 0.05) is 25.7 Å². The zero-order chi connectivity index (χ0) is 14.2. The first-order chi connectivity index (χ1) is 9.74. The number of nitrogens with zero attached hydrogens (tertiary/aromatic N) is 3. The molecule has 116 valence electrons. The second-order valence-electron chi connectivity index (χ2n) is 6.24. The van der Waals surface area contributed by atoms with Gasteiger partial charge in [-0.25, -0.2) is 0 Å². The number of likely N-dealkylation sites (N-methyl/N-ethyl adjacent to an activating group) is 1. The topological polar surface area (TPSA) is 56.9 Å². The van der Waals surface area contributed by atoms with E-state index in [0.717, 1.165) is 19.6 Å². The predicted octanol–water partition coefficient (Wildman–Crippen LogP) is 0.861. The Kier molecular flexibility index (Phi) is 6.60. The fourth-order valence-electron chi connectivity index (χ4n) is 3.14. The summed E-state index contributed by atoms with van der Waals surface area (Å²) in [6, 6.07) is 0.555. The standard InChI is InChI=1S/C15H31N5/c1-19-9-5-10-20(13-12-19)11-8-17-15(16)18-14-6-3-2-4-7-14/h14H,2-13H2,1H3,(H3,16,17,18). The summed E-state index contributed by atoms with van der Waals surface area (Å²) in [5.74, 6) is 0.642. The number of aliphatic imine (C=N–C) groups is 1. The van der Waals surface area contributed by atoms with Crippen molar-refractivity contribution < 1.29 is 0 Å². The number of rotatable bonds is 4. The van der Waals surface area contributed by atoms with Gasteiger partial charge in [0.25, 0.3) is 0 Å². The molecule has 0 aromatic carbocycles. The molecule has 1 saturated carbocycles. The molecule has 2 rings (SSSR count). The van der Waals surface area contributed by atoms with E-state index >= 15 is 0 Å². The quantitative estimate of drug-likeness (QED) is 0.593. The molecule has 0 aromatic heterocycles. The van der Waals surface area contributed by atoms with Gasteiger partial charge >= 0.3 is 0 Å². The summed E-state index contributed by atoms with van der Waals surface area (Å²) in [7, 11) is 2.20. The van der Waals surface area contributed by atoms with E-state index in [-0.39, 0.29) is 0 Å². The van der Waals surface area contributed by atoms with Gasteiger partial charge in [-0.05, 0) is 39.4 Å². The van der Waals surface area contributed by atoms with Crippen LogP contribution in [0.1, 0.15) is 38.5 Å². The monoisotopic (exact) mass is 281 g/mol. The van der Waals surface area contributed by atoms with Crippen LogP contribution in [0.2, 0.25) is 0 Å². The average molecular weight is 281 g/mol. The van der Waals surface area contributed by atoms with E-state index in [9.17, 15) is 0 Å². The average Bonchev–Trinajstić information content (AvgIpc) is 2.65. The van der Waals surface area contributed by atoms with Crippen LogP contribution in [-0.4, -0.2) is 68.1 Å². The second-order valence-corrected chi connectivity index (χ2v) is 6.24. The molecular weight excluding hydrogens is 250 g/mol. The number of nitrogens with one attached hydrogen (secondary N) is 1. The summed E-state index contributed by atoms with van der Waals surface area (Å²) >= 11 is 0. The first-order valence-electron chi connectivity index (χ1n) is 8.21. The number of hydrogen-bond acceptors (Lipinski definition) is 3. The Morgan fingerprint density at radius 1 is 1.10 bits per heavy atom. The fourth-order valence-corrected chi connectivity index (χ4v) is 3.14. The molecule has 3 N–H and O–H groups in total. The third kappa shape index (κ3) is 5.67. The van der Waals surface area contributed by atoms with Crippen LogP contribution in [0, 0.1) is 0 Å². The van der Waals surface area contributed by atoms with Crippen molar-refractivity contribution in [2.24, 2.45) is 10.7 Å². The molecule has 5 nitrogen and oxygen atoms in total. The molecule has 0 spiro atoms. The minimum Gasteiger partial charge on any atom is -0.370 e. The highest BCUT2D eigenvalue weighted by atomic mass is 15.2. The Morgan fingerprint density at radius 3 is 2.70 bits per heavy atom. The highest BCUT2D eigenvalue weighted by Crippen LogP contribution is 2.16. The maximum absolute atomic E-state index is 5.99. The SMILES string of the molecule is CN1CCCN(CCN=C(N)NC2CCCCC2)CC1. The molecule has 1 aliphatic carbocycles. The first-order valence-corrected chi connectivity index (χ1v) is 8.21. The van der Waals surface area contributed by atoms with E-state index in [1.807, 2.05) is 0 Å². The lowest BCUT2D eigenvalue weighted by Crippen LogP contribution is -2.41. The van der Waals surface area contributed by atoms with Crippen LogP contribution < -0.4 is 11.1 Å². The molecule has 1 aliphatic heterocycles. The minimum atomic E-state index is 0.555. The van der Waals surface area contributed by atoms with Gasteiger partial charge in [-0.2, -0.15) is 0 Å². The number of hydrogen-bond donors (Lipinski definition) is 2. The molecule has 1 heterocycles. The van der Waals surface area contributed by atoms with Crippen LogP contribution in [0.4, 0.5) is 0 Å². The van der Waals surface area contributed by atoms with E-state index in [1.165, 1.54) is 58.2 Å². The van der Waals surface area contributed by atoms with Gasteiger partial charge in [0.15, 0.2) is 5.96 Å². The lowest BCUT2D eigenvalue weighted by atomic mass is 9.96. The smallest absolute Gasteiger partial charge is 0.188 e. The first kappa shape index (κ1) is 15.6. The molecule has 0 radical (unpaired) electrons. The van der Waals surface area contributed by atoms with Crippen LogP contribution in [0.3, 0.4) is 0 Å². The van der Waals surface area contributed by atoms with Crippen molar-refractivity contribution in [2.45, 2.75) is 44.6 Å². The lowest BCUT2D eigenvalue weighted by Gasteiger charge is -2.23. The highest BCUT2D eigenvalue weighted by Gasteiger charge is 2.14. The molecule has 1 saturated heterocycles. The van der Waals surface area contributed by atoms with Crippen molar-refractivity contribution in [3.63, 3.8) is 0 Å². The molecule has 0 aromatic rings. The van der Waals surface area contributed by atoms with Gasteiger partial charge in [0.1, 0.15) is 0 Å². The number of guanidine groups is 1. The van der Waals surface area contributed by atoms with E-state index in [2.05, 4.69) is 27.2 Å². The molecule has 2 fully saturated rings. The van der Waals surface area contributed by atoms with Gasteiger partial charge in [0.05, 0.1) is 6.54 Å². The maximum atomic E-state index is 5.99. The normalized spacial score (nSPS) is 24.6. The molecule has 2 aliphatic rings. The molecule has 5 heteroatoms. The van der Waals surface area contributed by atoms with Gasteiger partial charge in [-0.3, -0.25) is 4.99 Å². The van der Waals surface area contributed by atoms with Crippen molar-refractivity contribution in [3.8, 4) is 0 Å². The van der Waals surface area contributed by atoms with Crippen molar-refractivity contribution >= 4 is 5.96 Å². The van der Waals surface area contributed by atoms with Crippen molar-refractivity contribution in [1.82, 2.24) is 15.1 Å². The molecular formula is C15H31N5. The Balaban J connectivity index is 1.63. The van der Waals surface area contributed by atoms with E-state index in [1.54, 1.807) is 0 Å². The summed E-state index contributed by atoms with van der Waals surface area (Å²) in [5, 5.41) is 3.38.